The van der Waals surface area contributed by atoms with Gasteiger partial charge in [-0.05, 0) is 37.1 Å². The Morgan fingerprint density at radius 1 is 1.23 bits per heavy atom. The summed E-state index contributed by atoms with van der Waals surface area (Å²) in [7, 11) is 1.53. The Hall–Kier alpha value is -3.67. The lowest BCUT2D eigenvalue weighted by molar-refractivity contribution is 0.0746. The number of aliphatic hydroxyl groups excluding tert-OH is 1. The van der Waals surface area contributed by atoms with Crippen molar-refractivity contribution in [1.29, 1.82) is 0 Å². The van der Waals surface area contributed by atoms with Gasteiger partial charge in [0.05, 0.1) is 49.0 Å². The Morgan fingerprint density at radius 2 is 2.06 bits per heavy atom. The number of benzene rings is 1. The minimum Gasteiger partial charge on any atom is -0.481 e. The van der Waals surface area contributed by atoms with Crippen LogP contribution >= 0.6 is 0 Å². The van der Waals surface area contributed by atoms with Gasteiger partial charge in [0.25, 0.3) is 0 Å². The zero-order chi connectivity index (χ0) is 24.9. The fourth-order valence-electron chi connectivity index (χ4n) is 3.96. The molecule has 6 N–H and O–H groups in total. The second-order valence-corrected chi connectivity index (χ2v) is 8.17. The molecule has 0 spiro atoms. The number of rotatable bonds is 8. The first-order chi connectivity index (χ1) is 16.9. The van der Waals surface area contributed by atoms with Gasteiger partial charge in [0.1, 0.15) is 5.82 Å². The Kier molecular flexibility index (Phi) is 7.49. The fourth-order valence-corrected chi connectivity index (χ4v) is 3.96. The number of hydrogen-bond acceptors (Lipinski definition) is 10. The molecule has 0 bridgehead atoms. The molecular formula is C24H28FN7O3. The quantitative estimate of drug-likeness (QED) is 0.279. The molecule has 10 nitrogen and oxygen atoms in total. The van der Waals surface area contributed by atoms with Crippen LogP contribution in [0, 0.1) is 12.7 Å². The van der Waals surface area contributed by atoms with Crippen LogP contribution in [0.5, 0.6) is 5.88 Å². The van der Waals surface area contributed by atoms with Crippen LogP contribution in [0.2, 0.25) is 0 Å². The normalized spacial score (nSPS) is 15.8. The summed E-state index contributed by atoms with van der Waals surface area (Å²) in [6.07, 6.45) is 0.875. The summed E-state index contributed by atoms with van der Waals surface area (Å²) in [5.41, 5.74) is 18.5. The van der Waals surface area contributed by atoms with Crippen LogP contribution in [0.15, 0.2) is 41.4 Å². The first-order valence-electron chi connectivity index (χ1n) is 11.2. The monoisotopic (exact) mass is 481 g/mol. The van der Waals surface area contributed by atoms with Crippen LogP contribution in [-0.2, 0) is 11.3 Å². The van der Waals surface area contributed by atoms with Crippen LogP contribution < -0.4 is 21.7 Å². The predicted octanol–water partition coefficient (Wildman–Crippen LogP) is 1.85. The van der Waals surface area contributed by atoms with Crippen molar-refractivity contribution in [1.82, 2.24) is 20.4 Å². The SMILES string of the molecule is COc1cccc(-c2cc(F)ccc2[C@H]2Cc3nc(N)nc(C)c3C(NOCCC(N)CO)=N2)n1. The molecule has 0 radical (unpaired) electrons. The Morgan fingerprint density at radius 3 is 2.83 bits per heavy atom. The zero-order valence-electron chi connectivity index (χ0n) is 19.5. The number of nitrogens with zero attached hydrogens (tertiary/aromatic N) is 4. The number of nitrogens with two attached hydrogens (primary N) is 2. The first-order valence-corrected chi connectivity index (χ1v) is 11.2. The van der Waals surface area contributed by atoms with E-state index in [9.17, 15) is 4.39 Å². The number of ether oxygens (including phenoxy) is 1. The van der Waals surface area contributed by atoms with Gasteiger partial charge in [0, 0.05) is 24.1 Å². The summed E-state index contributed by atoms with van der Waals surface area (Å²) >= 11 is 0. The maximum atomic E-state index is 14.3. The minimum absolute atomic E-state index is 0.132. The Balaban J connectivity index is 1.73. The molecule has 0 amide bonds. The highest BCUT2D eigenvalue weighted by molar-refractivity contribution is 6.01. The summed E-state index contributed by atoms with van der Waals surface area (Å²) in [5.74, 6) is 0.617. The van der Waals surface area contributed by atoms with Gasteiger partial charge in [-0.25, -0.2) is 24.8 Å². The maximum Gasteiger partial charge on any atom is 0.220 e. The van der Waals surface area contributed by atoms with Crippen LogP contribution in [0.25, 0.3) is 11.3 Å². The number of fused-ring (bicyclic) bond motifs is 1. The lowest BCUT2D eigenvalue weighted by atomic mass is 9.91. The average molecular weight is 482 g/mol. The van der Waals surface area contributed by atoms with Crippen molar-refractivity contribution in [2.24, 2.45) is 10.7 Å². The molecule has 2 atom stereocenters. The minimum atomic E-state index is -0.425. The number of methoxy groups -OCH3 is 1. The lowest BCUT2D eigenvalue weighted by Crippen LogP contribution is -2.34. The number of hydroxylamine groups is 1. The van der Waals surface area contributed by atoms with E-state index in [-0.39, 0.29) is 25.2 Å². The molecule has 3 heterocycles. The average Bonchev–Trinajstić information content (AvgIpc) is 2.85. The summed E-state index contributed by atoms with van der Waals surface area (Å²) < 4.78 is 19.6. The van der Waals surface area contributed by atoms with E-state index in [4.69, 9.17) is 31.1 Å². The molecule has 2 aromatic heterocycles. The third-order valence-corrected chi connectivity index (χ3v) is 5.67. The second kappa shape index (κ2) is 10.7. The largest absolute Gasteiger partial charge is 0.481 e. The highest BCUT2D eigenvalue weighted by Crippen LogP contribution is 2.36. The van der Waals surface area contributed by atoms with Gasteiger partial charge in [-0.2, -0.15) is 0 Å². The van der Waals surface area contributed by atoms with Gasteiger partial charge in [-0.1, -0.05) is 12.1 Å². The first kappa shape index (κ1) is 24.5. The standard InChI is InChI=1S/C24H28FN7O3/c1-13-22-20(31-24(27)28-13)11-19(30-23(22)32-35-9-8-15(26)12-33)16-7-6-14(25)10-17(16)18-4-3-5-21(29-18)34-2/h3-7,10,15,19,33H,8-9,11-12,26H2,1-2H3,(H,30,32)(H2,27,28,31)/t15?,19-/m1/s1. The van der Waals surface area contributed by atoms with Crippen molar-refractivity contribution in [2.45, 2.75) is 31.8 Å². The number of anilines is 1. The molecule has 0 saturated heterocycles. The molecular weight excluding hydrogens is 453 g/mol. The molecule has 184 valence electrons. The molecule has 11 heteroatoms. The summed E-state index contributed by atoms with van der Waals surface area (Å²) in [6, 6.07) is 9.02. The maximum absolute atomic E-state index is 14.3. The van der Waals surface area contributed by atoms with E-state index in [1.807, 2.05) is 6.92 Å². The van der Waals surface area contributed by atoms with E-state index in [0.717, 1.165) is 5.56 Å². The van der Waals surface area contributed by atoms with Gasteiger partial charge in [-0.15, -0.1) is 0 Å². The van der Waals surface area contributed by atoms with Gasteiger partial charge >= 0.3 is 0 Å². The fraction of sp³-hybridized carbons (Fsp3) is 0.333. The molecule has 1 unspecified atom stereocenters. The van der Waals surface area contributed by atoms with Crippen molar-refractivity contribution in [2.75, 3.05) is 26.1 Å². The Labute approximate surface area is 202 Å². The van der Waals surface area contributed by atoms with Gasteiger partial charge < -0.3 is 21.3 Å². The molecule has 0 saturated carbocycles. The molecule has 1 aromatic carbocycles. The predicted molar refractivity (Wildman–Crippen MR) is 129 cm³/mol. The third-order valence-electron chi connectivity index (χ3n) is 5.67. The summed E-state index contributed by atoms with van der Waals surface area (Å²) in [5, 5.41) is 9.12. The van der Waals surface area contributed by atoms with E-state index in [2.05, 4.69) is 20.4 Å². The van der Waals surface area contributed by atoms with E-state index in [0.29, 0.717) is 52.8 Å². The Bertz CT molecular complexity index is 1240. The molecule has 4 rings (SSSR count). The van der Waals surface area contributed by atoms with Crippen LogP contribution in [0.3, 0.4) is 0 Å². The number of nitrogens with one attached hydrogen (secondary N) is 1. The topological polar surface area (TPSA) is 154 Å². The van der Waals surface area contributed by atoms with E-state index >= 15 is 0 Å². The summed E-state index contributed by atoms with van der Waals surface area (Å²) in [6.45, 7) is 1.94. The molecule has 35 heavy (non-hydrogen) atoms. The van der Waals surface area contributed by atoms with Crippen molar-refractivity contribution in [3.8, 4) is 17.1 Å². The van der Waals surface area contributed by atoms with Crippen molar-refractivity contribution in [3.05, 3.63) is 64.7 Å². The number of nitrogen functional groups attached to an aromatic ring is 1. The highest BCUT2D eigenvalue weighted by Gasteiger charge is 2.28. The van der Waals surface area contributed by atoms with E-state index in [1.54, 1.807) is 24.3 Å². The van der Waals surface area contributed by atoms with Crippen molar-refractivity contribution >= 4 is 11.8 Å². The lowest BCUT2D eigenvalue weighted by Gasteiger charge is -2.26. The van der Waals surface area contributed by atoms with Crippen LogP contribution in [-0.4, -0.2) is 52.3 Å². The van der Waals surface area contributed by atoms with Crippen LogP contribution in [0.4, 0.5) is 10.3 Å². The number of aliphatic imine (C=N–C) groups is 1. The third kappa shape index (κ3) is 5.53. The van der Waals surface area contributed by atoms with Gasteiger partial charge in [-0.3, -0.25) is 9.83 Å². The van der Waals surface area contributed by atoms with E-state index in [1.165, 1.54) is 19.2 Å². The molecule has 0 fully saturated rings. The number of amidine groups is 1. The number of aromatic nitrogens is 3. The number of pyridine rings is 1. The number of halogens is 1. The molecule has 1 aliphatic rings. The van der Waals surface area contributed by atoms with Gasteiger partial charge in [0.2, 0.25) is 11.8 Å². The smallest absolute Gasteiger partial charge is 0.220 e. The van der Waals surface area contributed by atoms with Gasteiger partial charge in [0.15, 0.2) is 5.84 Å². The molecule has 0 aliphatic carbocycles. The van der Waals surface area contributed by atoms with Crippen molar-refractivity contribution < 1.29 is 19.1 Å². The van der Waals surface area contributed by atoms with Crippen LogP contribution in [0.1, 0.15) is 35.0 Å². The number of aliphatic hydroxyl groups is 1. The van der Waals surface area contributed by atoms with E-state index < -0.39 is 11.9 Å². The molecule has 3 aromatic rings. The zero-order valence-corrected chi connectivity index (χ0v) is 19.5. The molecule has 1 aliphatic heterocycles. The second-order valence-electron chi connectivity index (χ2n) is 8.17. The number of hydrogen-bond donors (Lipinski definition) is 4. The number of aryl methyl sites for hydroxylation is 1. The highest BCUT2D eigenvalue weighted by atomic mass is 19.1. The summed E-state index contributed by atoms with van der Waals surface area (Å²) in [4.78, 5) is 23.7. The van der Waals surface area contributed by atoms with Crippen molar-refractivity contribution in [3.63, 3.8) is 0 Å².